The zero-order chi connectivity index (χ0) is 19.1. The van der Waals surface area contributed by atoms with Crippen molar-refractivity contribution in [3.63, 3.8) is 0 Å². The summed E-state index contributed by atoms with van der Waals surface area (Å²) < 4.78 is 116. The second-order valence-electron chi connectivity index (χ2n) is 5.49. The highest BCUT2D eigenvalue weighted by Gasteiger charge is 2.81. The van der Waals surface area contributed by atoms with Crippen LogP contribution < -0.4 is 0 Å². The zero-order valence-electron chi connectivity index (χ0n) is 12.4. The van der Waals surface area contributed by atoms with Gasteiger partial charge in [0.05, 0.1) is 0 Å². The third-order valence-electron chi connectivity index (χ3n) is 3.80. The van der Waals surface area contributed by atoms with Gasteiger partial charge < -0.3 is 0 Å². The first-order chi connectivity index (χ1) is 11.3. The van der Waals surface area contributed by atoms with Gasteiger partial charge in [0.2, 0.25) is 0 Å². The Kier molecular flexibility index (Phi) is 4.73. The van der Waals surface area contributed by atoms with E-state index in [0.717, 1.165) is 0 Å². The van der Waals surface area contributed by atoms with Crippen LogP contribution in [0.1, 0.15) is 12.0 Å². The van der Waals surface area contributed by atoms with Gasteiger partial charge in [-0.3, -0.25) is 0 Å². The Labute approximate surface area is 136 Å². The van der Waals surface area contributed by atoms with Crippen molar-refractivity contribution in [1.82, 2.24) is 0 Å². The maximum Gasteiger partial charge on any atom is 0.460 e. The molecule has 0 fully saturated rings. The van der Waals surface area contributed by atoms with E-state index in [4.69, 9.17) is 0 Å². The molecule has 0 nitrogen and oxygen atoms in total. The molecule has 2 aromatic rings. The van der Waals surface area contributed by atoms with E-state index < -0.39 is 36.8 Å². The Morgan fingerprint density at radius 1 is 0.640 bits per heavy atom. The number of rotatable bonds is 5. The number of hydrogen-bond acceptors (Lipinski definition) is 0. The number of alkyl halides is 9. The van der Waals surface area contributed by atoms with Crippen molar-refractivity contribution in [2.45, 2.75) is 36.8 Å². The van der Waals surface area contributed by atoms with Crippen LogP contribution in [0.3, 0.4) is 0 Å². The van der Waals surface area contributed by atoms with Gasteiger partial charge in [0.15, 0.2) is 0 Å². The van der Waals surface area contributed by atoms with E-state index in [-0.39, 0.29) is 5.56 Å². The number of halogens is 9. The first-order valence-electron chi connectivity index (χ1n) is 6.98. The third-order valence-corrected chi connectivity index (χ3v) is 3.80. The summed E-state index contributed by atoms with van der Waals surface area (Å²) in [4.78, 5) is 0. The molecule has 0 amide bonds. The van der Waals surface area contributed by atoms with Crippen LogP contribution in [0.4, 0.5) is 39.5 Å². The van der Waals surface area contributed by atoms with Gasteiger partial charge in [-0.05, 0) is 22.8 Å². The van der Waals surface area contributed by atoms with E-state index in [0.29, 0.717) is 10.8 Å². The van der Waals surface area contributed by atoms with Crippen molar-refractivity contribution in [2.75, 3.05) is 0 Å². The normalized spacial score (nSPS) is 14.1. The highest BCUT2D eigenvalue weighted by molar-refractivity contribution is 5.85. The quantitative estimate of drug-likeness (QED) is 0.544. The minimum Gasteiger partial charge on any atom is -0.200 e. The number of hydrogen-bond donors (Lipinski definition) is 0. The summed E-state index contributed by atoms with van der Waals surface area (Å²) in [6.07, 6.45) is -9.45. The van der Waals surface area contributed by atoms with Gasteiger partial charge in [0.1, 0.15) is 0 Å². The fourth-order valence-electron chi connectivity index (χ4n) is 2.37. The van der Waals surface area contributed by atoms with Crippen LogP contribution >= 0.6 is 0 Å². The molecule has 0 aliphatic carbocycles. The van der Waals surface area contributed by atoms with Gasteiger partial charge in [-0.25, -0.2) is 0 Å². The lowest BCUT2D eigenvalue weighted by Crippen LogP contribution is -2.60. The van der Waals surface area contributed by atoms with Gasteiger partial charge in [0, 0.05) is 6.42 Å². The predicted molar refractivity (Wildman–Crippen MR) is 73.2 cm³/mol. The summed E-state index contributed by atoms with van der Waals surface area (Å²) in [5.41, 5.74) is 0.143. The van der Waals surface area contributed by atoms with E-state index in [1.165, 1.54) is 18.2 Å². The van der Waals surface area contributed by atoms with Crippen LogP contribution in [0.15, 0.2) is 42.5 Å². The molecule has 0 unspecified atom stereocenters. The lowest BCUT2D eigenvalue weighted by Gasteiger charge is -2.33. The van der Waals surface area contributed by atoms with Crippen molar-refractivity contribution in [3.05, 3.63) is 48.0 Å². The first kappa shape index (κ1) is 19.4. The van der Waals surface area contributed by atoms with Crippen molar-refractivity contribution in [3.8, 4) is 0 Å². The molecule has 2 aromatic carbocycles. The Morgan fingerprint density at radius 2 is 1.20 bits per heavy atom. The van der Waals surface area contributed by atoms with Crippen LogP contribution in [0.2, 0.25) is 0 Å². The van der Waals surface area contributed by atoms with Crippen LogP contribution in [0.25, 0.3) is 10.8 Å². The smallest absolute Gasteiger partial charge is 0.200 e. The molecule has 0 aliphatic heterocycles. The van der Waals surface area contributed by atoms with Gasteiger partial charge in [-0.2, -0.15) is 39.5 Å². The number of fused-ring (bicyclic) bond motifs is 1. The number of aryl methyl sites for hydroxylation is 1. The maximum absolute atomic E-state index is 13.6. The highest BCUT2D eigenvalue weighted by atomic mass is 19.4. The highest BCUT2D eigenvalue weighted by Crippen LogP contribution is 2.54. The van der Waals surface area contributed by atoms with Gasteiger partial charge in [0.25, 0.3) is 0 Å². The second kappa shape index (κ2) is 6.10. The van der Waals surface area contributed by atoms with Gasteiger partial charge >= 0.3 is 23.9 Å². The third kappa shape index (κ3) is 3.28. The minimum absolute atomic E-state index is 0.143. The van der Waals surface area contributed by atoms with E-state index in [9.17, 15) is 39.5 Å². The van der Waals surface area contributed by atoms with Crippen LogP contribution in [-0.4, -0.2) is 23.9 Å². The van der Waals surface area contributed by atoms with E-state index in [1.54, 1.807) is 24.3 Å². The minimum atomic E-state index is -6.84. The fraction of sp³-hybridized carbons (Fsp3) is 0.375. The SMILES string of the molecule is FC(F)(F)C(F)(F)C(F)(F)C(F)(F)CCc1cccc2ccccc12. The molecule has 0 radical (unpaired) electrons. The largest absolute Gasteiger partial charge is 0.460 e. The molecular formula is C16H11F9. The molecule has 9 heteroatoms. The van der Waals surface area contributed by atoms with Crippen molar-refractivity contribution < 1.29 is 39.5 Å². The summed E-state index contributed by atoms with van der Waals surface area (Å²) in [5, 5.41) is 1.02. The Bertz CT molecular complexity index is 741. The number of benzene rings is 2. The molecule has 0 spiro atoms. The van der Waals surface area contributed by atoms with Gasteiger partial charge in [-0.1, -0.05) is 42.5 Å². The van der Waals surface area contributed by atoms with Crippen LogP contribution in [0, 0.1) is 0 Å². The summed E-state index contributed by atoms with van der Waals surface area (Å²) in [5.74, 6) is -19.0. The van der Waals surface area contributed by atoms with Crippen LogP contribution in [-0.2, 0) is 6.42 Å². The topological polar surface area (TPSA) is 0 Å². The summed E-state index contributed by atoms with van der Waals surface area (Å²) >= 11 is 0. The molecular weight excluding hydrogens is 363 g/mol. The maximum atomic E-state index is 13.6. The van der Waals surface area contributed by atoms with Crippen molar-refractivity contribution >= 4 is 10.8 Å². The average molecular weight is 374 g/mol. The summed E-state index contributed by atoms with van der Waals surface area (Å²) in [6.45, 7) is 0. The molecule has 0 aromatic heterocycles. The molecule has 0 heterocycles. The lowest BCUT2D eigenvalue weighted by atomic mass is 9.95. The van der Waals surface area contributed by atoms with Crippen LogP contribution in [0.5, 0.6) is 0 Å². The molecule has 0 N–H and O–H groups in total. The first-order valence-corrected chi connectivity index (χ1v) is 6.98. The molecule has 0 saturated carbocycles. The van der Waals surface area contributed by atoms with Crippen molar-refractivity contribution in [2.24, 2.45) is 0 Å². The molecule has 0 bridgehead atoms. The van der Waals surface area contributed by atoms with Crippen molar-refractivity contribution in [1.29, 1.82) is 0 Å². The van der Waals surface area contributed by atoms with E-state index in [1.807, 2.05) is 0 Å². The van der Waals surface area contributed by atoms with Gasteiger partial charge in [-0.15, -0.1) is 0 Å². The molecule has 138 valence electrons. The summed E-state index contributed by atoms with van der Waals surface area (Å²) in [6, 6.07) is 10.7. The second-order valence-corrected chi connectivity index (χ2v) is 5.49. The Balaban J connectivity index is 2.29. The molecule has 0 aliphatic rings. The van der Waals surface area contributed by atoms with E-state index in [2.05, 4.69) is 0 Å². The average Bonchev–Trinajstić information content (AvgIpc) is 2.51. The summed E-state index contributed by atoms with van der Waals surface area (Å²) in [7, 11) is 0. The molecule has 0 atom stereocenters. The van der Waals surface area contributed by atoms with E-state index >= 15 is 0 Å². The lowest BCUT2D eigenvalue weighted by molar-refractivity contribution is -0.396. The zero-order valence-corrected chi connectivity index (χ0v) is 12.4. The Morgan fingerprint density at radius 3 is 1.80 bits per heavy atom. The molecule has 25 heavy (non-hydrogen) atoms. The predicted octanol–water partition coefficient (Wildman–Crippen LogP) is 6.24. The molecule has 0 saturated heterocycles. The fourth-order valence-corrected chi connectivity index (χ4v) is 2.37. The Hall–Kier alpha value is -1.93. The molecule has 2 rings (SSSR count). The standard InChI is InChI=1S/C16H11F9/c17-13(18,14(19,20)15(21,22)16(23,24)25)9-8-11-6-3-5-10-4-1-2-7-12(10)11/h1-7H,8-9H2. The monoisotopic (exact) mass is 374 g/mol.